The van der Waals surface area contributed by atoms with E-state index in [4.69, 9.17) is 0 Å². The number of nitrogens with one attached hydrogen (secondary N) is 1. The molecular weight excluding hydrogens is 354 g/mol. The monoisotopic (exact) mass is 373 g/mol. The molecule has 0 saturated heterocycles. The van der Waals surface area contributed by atoms with E-state index < -0.39 is 0 Å². The average molecular weight is 373 g/mol. The first-order chi connectivity index (χ1) is 13.3. The molecule has 0 radical (unpaired) electrons. The highest BCUT2D eigenvalue weighted by Gasteiger charge is 2.11. The van der Waals surface area contributed by atoms with Crippen LogP contribution in [0.2, 0.25) is 0 Å². The Kier molecular flexibility index (Phi) is 5.16. The van der Waals surface area contributed by atoms with E-state index in [2.05, 4.69) is 44.6 Å². The van der Waals surface area contributed by atoms with Gasteiger partial charge >= 0.3 is 0 Å². The van der Waals surface area contributed by atoms with Gasteiger partial charge in [0.05, 0.1) is 11.6 Å². The summed E-state index contributed by atoms with van der Waals surface area (Å²) in [6, 6.07) is 20.4. The van der Waals surface area contributed by atoms with E-state index >= 15 is 0 Å². The summed E-state index contributed by atoms with van der Waals surface area (Å²) in [6.07, 6.45) is 7.73. The maximum atomic E-state index is 4.64. The first kappa shape index (κ1) is 17.3. The Hall–Kier alpha value is -3.12. The maximum absolute atomic E-state index is 4.64. The van der Waals surface area contributed by atoms with Gasteiger partial charge in [-0.2, -0.15) is 5.10 Å². The van der Waals surface area contributed by atoms with E-state index in [1.54, 1.807) is 4.68 Å². The number of aromatic nitrogens is 4. The molecule has 2 aromatic heterocycles. The zero-order valence-electron chi connectivity index (χ0n) is 14.9. The largest absolute Gasteiger partial charge is 0.365 e. The quantitative estimate of drug-likeness (QED) is 0.389. The zero-order valence-corrected chi connectivity index (χ0v) is 15.7. The van der Waals surface area contributed by atoms with Gasteiger partial charge in [-0.1, -0.05) is 72.4 Å². The summed E-state index contributed by atoms with van der Waals surface area (Å²) in [5.41, 5.74) is 3.10. The van der Waals surface area contributed by atoms with Crippen molar-refractivity contribution < 1.29 is 0 Å². The molecule has 0 spiro atoms. The number of thioether (sulfide) groups is 1. The van der Waals surface area contributed by atoms with Crippen molar-refractivity contribution in [1.29, 1.82) is 0 Å². The minimum absolute atomic E-state index is 0.700. The predicted molar refractivity (Wildman–Crippen MR) is 113 cm³/mol. The van der Waals surface area contributed by atoms with Crippen LogP contribution < -0.4 is 5.32 Å². The second-order valence-electron chi connectivity index (χ2n) is 5.95. The van der Waals surface area contributed by atoms with Crippen molar-refractivity contribution in [3.63, 3.8) is 0 Å². The number of rotatable bonds is 6. The van der Waals surface area contributed by atoms with Crippen LogP contribution in [0.4, 0.5) is 5.82 Å². The Labute approximate surface area is 162 Å². The molecule has 0 amide bonds. The molecule has 0 fully saturated rings. The van der Waals surface area contributed by atoms with Crippen molar-refractivity contribution in [3.05, 3.63) is 78.0 Å². The van der Waals surface area contributed by atoms with Crippen molar-refractivity contribution in [1.82, 2.24) is 19.7 Å². The van der Waals surface area contributed by atoms with Crippen LogP contribution in [0.3, 0.4) is 0 Å². The standard InChI is InChI=1S/C21H19N5S/c1-27-21-24-19(22-14-17-10-6-3-7-11-17)18-15-23-26(20(18)25-21)13-12-16-8-4-2-5-9-16/h2-13,15H,14H2,1H3,(H,22,24,25)/b13-12-. The summed E-state index contributed by atoms with van der Waals surface area (Å²) in [5.74, 6) is 0.799. The van der Waals surface area contributed by atoms with Gasteiger partial charge in [-0.25, -0.2) is 14.6 Å². The Morgan fingerprint density at radius 3 is 2.48 bits per heavy atom. The van der Waals surface area contributed by atoms with Gasteiger partial charge in [-0.05, 0) is 23.5 Å². The topological polar surface area (TPSA) is 55.6 Å². The van der Waals surface area contributed by atoms with E-state index in [0.717, 1.165) is 22.4 Å². The third-order valence-electron chi connectivity index (χ3n) is 4.13. The van der Waals surface area contributed by atoms with Crippen molar-refractivity contribution in [3.8, 4) is 0 Å². The summed E-state index contributed by atoms with van der Waals surface area (Å²) in [7, 11) is 0. The van der Waals surface area contributed by atoms with Crippen LogP contribution in [0.1, 0.15) is 11.1 Å². The third kappa shape index (κ3) is 4.01. The first-order valence-corrected chi connectivity index (χ1v) is 9.86. The molecule has 0 atom stereocenters. The van der Waals surface area contributed by atoms with Crippen molar-refractivity contribution in [2.45, 2.75) is 11.7 Å². The number of anilines is 1. The molecule has 0 aliphatic rings. The minimum atomic E-state index is 0.700. The molecule has 2 aromatic carbocycles. The molecule has 0 aliphatic heterocycles. The van der Waals surface area contributed by atoms with Crippen LogP contribution in [0, 0.1) is 0 Å². The predicted octanol–water partition coefficient (Wildman–Crippen LogP) is 4.79. The summed E-state index contributed by atoms with van der Waals surface area (Å²) < 4.78 is 1.79. The number of hydrogen-bond acceptors (Lipinski definition) is 5. The summed E-state index contributed by atoms with van der Waals surface area (Å²) >= 11 is 1.52. The number of benzene rings is 2. The molecule has 0 bridgehead atoms. The minimum Gasteiger partial charge on any atom is -0.365 e. The Morgan fingerprint density at radius 1 is 1.00 bits per heavy atom. The lowest BCUT2D eigenvalue weighted by Crippen LogP contribution is -2.04. The van der Waals surface area contributed by atoms with Gasteiger partial charge in [-0.3, -0.25) is 0 Å². The van der Waals surface area contributed by atoms with Gasteiger partial charge in [0.15, 0.2) is 10.8 Å². The normalized spacial score (nSPS) is 11.3. The van der Waals surface area contributed by atoms with Crippen molar-refractivity contribution in [2.75, 3.05) is 11.6 Å². The van der Waals surface area contributed by atoms with E-state index in [1.807, 2.05) is 61.1 Å². The molecule has 27 heavy (non-hydrogen) atoms. The fourth-order valence-corrected chi connectivity index (χ4v) is 3.10. The molecule has 2 heterocycles. The highest BCUT2D eigenvalue weighted by atomic mass is 32.2. The van der Waals surface area contributed by atoms with Crippen LogP contribution in [0.5, 0.6) is 0 Å². The first-order valence-electron chi connectivity index (χ1n) is 8.64. The van der Waals surface area contributed by atoms with Crippen LogP contribution >= 0.6 is 11.8 Å². The van der Waals surface area contributed by atoms with E-state index in [0.29, 0.717) is 11.7 Å². The number of nitrogens with zero attached hydrogens (tertiary/aromatic N) is 4. The second kappa shape index (κ2) is 8.05. The molecule has 0 unspecified atom stereocenters. The molecular formula is C21H19N5S. The Bertz CT molecular complexity index is 1060. The Morgan fingerprint density at radius 2 is 1.74 bits per heavy atom. The van der Waals surface area contributed by atoms with Crippen molar-refractivity contribution >= 4 is 40.9 Å². The highest BCUT2D eigenvalue weighted by Crippen LogP contribution is 2.24. The lowest BCUT2D eigenvalue weighted by Gasteiger charge is -2.08. The van der Waals surface area contributed by atoms with Crippen LogP contribution in [-0.4, -0.2) is 26.0 Å². The summed E-state index contributed by atoms with van der Waals surface area (Å²) in [4.78, 5) is 9.27. The highest BCUT2D eigenvalue weighted by molar-refractivity contribution is 7.98. The lowest BCUT2D eigenvalue weighted by molar-refractivity contribution is 0.918. The van der Waals surface area contributed by atoms with Gasteiger partial charge < -0.3 is 5.32 Å². The van der Waals surface area contributed by atoms with E-state index in [1.165, 1.54) is 17.3 Å². The third-order valence-corrected chi connectivity index (χ3v) is 4.67. The molecule has 0 saturated carbocycles. The van der Waals surface area contributed by atoms with Gasteiger partial charge in [0.25, 0.3) is 0 Å². The number of fused-ring (bicyclic) bond motifs is 1. The zero-order chi connectivity index (χ0) is 18.5. The van der Waals surface area contributed by atoms with Gasteiger partial charge in [0.1, 0.15) is 5.82 Å². The molecule has 5 nitrogen and oxygen atoms in total. The van der Waals surface area contributed by atoms with Crippen LogP contribution in [0.25, 0.3) is 23.3 Å². The summed E-state index contributed by atoms with van der Waals surface area (Å²) in [5, 5.41) is 9.52. The molecule has 1 N–H and O–H groups in total. The van der Waals surface area contributed by atoms with E-state index in [9.17, 15) is 0 Å². The maximum Gasteiger partial charge on any atom is 0.191 e. The molecule has 4 aromatic rings. The molecule has 134 valence electrons. The smallest absolute Gasteiger partial charge is 0.191 e. The second-order valence-corrected chi connectivity index (χ2v) is 6.72. The summed E-state index contributed by atoms with van der Waals surface area (Å²) in [6.45, 7) is 0.700. The van der Waals surface area contributed by atoms with Gasteiger partial charge in [-0.15, -0.1) is 0 Å². The molecule has 0 aliphatic carbocycles. The average Bonchev–Trinajstić information content (AvgIpc) is 3.15. The number of hydrogen-bond donors (Lipinski definition) is 1. The van der Waals surface area contributed by atoms with Gasteiger partial charge in [0.2, 0.25) is 0 Å². The Balaban J connectivity index is 1.66. The molecule has 6 heteroatoms. The van der Waals surface area contributed by atoms with Crippen LogP contribution in [0.15, 0.2) is 72.0 Å². The SMILES string of the molecule is CSc1nc(NCc2ccccc2)c2cnn(/C=C\c3ccccc3)c2n1. The molecule has 4 rings (SSSR count). The fraction of sp³-hybridized carbons (Fsp3) is 0.0952. The lowest BCUT2D eigenvalue weighted by atomic mass is 10.2. The van der Waals surface area contributed by atoms with E-state index in [-0.39, 0.29) is 0 Å². The van der Waals surface area contributed by atoms with Crippen molar-refractivity contribution in [2.24, 2.45) is 0 Å². The van der Waals surface area contributed by atoms with Gasteiger partial charge in [0, 0.05) is 12.7 Å². The fourth-order valence-electron chi connectivity index (χ4n) is 2.74. The van der Waals surface area contributed by atoms with Crippen LogP contribution in [-0.2, 0) is 6.54 Å².